The second-order valence-corrected chi connectivity index (χ2v) is 4.73. The van der Waals surface area contributed by atoms with Crippen LogP contribution < -0.4 is 11.5 Å². The summed E-state index contributed by atoms with van der Waals surface area (Å²) in [5.74, 6) is 0. The van der Waals surface area contributed by atoms with Crippen LogP contribution in [0, 0.1) is 0 Å². The van der Waals surface area contributed by atoms with Gasteiger partial charge in [-0.1, -0.05) is 0 Å². The fourth-order valence-electron chi connectivity index (χ4n) is 1.08. The Morgan fingerprint density at radius 2 is 1.27 bits per heavy atom. The second-order valence-electron chi connectivity index (χ2n) is 3.09. The topological polar surface area (TPSA) is 52.0 Å². The summed E-state index contributed by atoms with van der Waals surface area (Å²) in [5.41, 5.74) is 10.8. The second kappa shape index (κ2) is 3.93. The van der Waals surface area contributed by atoms with E-state index in [2.05, 4.69) is 0 Å². The third-order valence-electron chi connectivity index (χ3n) is 1.91. The van der Waals surface area contributed by atoms with Crippen molar-refractivity contribution >= 4 is 23.2 Å². The zero-order valence-electron chi connectivity index (χ0n) is 6.06. The van der Waals surface area contributed by atoms with Crippen LogP contribution in [0.15, 0.2) is 0 Å². The molecule has 0 heterocycles. The molecule has 68 valence electrons. The van der Waals surface area contributed by atoms with Gasteiger partial charge in [0.25, 0.3) is 0 Å². The van der Waals surface area contributed by atoms with E-state index in [-0.39, 0.29) is 21.1 Å². The largest absolute Gasteiger partial charge is 2.00 e. The van der Waals surface area contributed by atoms with Crippen LogP contribution in [0.5, 0.6) is 0 Å². The molecule has 0 aromatic carbocycles. The average molecular weight is 378 g/mol. The molecule has 1 aliphatic rings. The fourth-order valence-corrected chi connectivity index (χ4v) is 1.46. The molecule has 5 heteroatoms. The van der Waals surface area contributed by atoms with Gasteiger partial charge in [0, 0.05) is 0 Å². The van der Waals surface area contributed by atoms with E-state index in [1.807, 2.05) is 0 Å². The molecule has 4 N–H and O–H groups in total. The minimum atomic E-state index is -0.581. The summed E-state index contributed by atoms with van der Waals surface area (Å²) in [6, 6.07) is 0. The molecule has 1 fully saturated rings. The smallest absolute Gasteiger partial charge is 0.313 e. The van der Waals surface area contributed by atoms with Crippen LogP contribution in [0.1, 0.15) is 25.7 Å². The maximum atomic E-state index is 5.85. The van der Waals surface area contributed by atoms with Gasteiger partial charge < -0.3 is 11.5 Å². The van der Waals surface area contributed by atoms with E-state index in [0.29, 0.717) is 25.7 Å². The van der Waals surface area contributed by atoms with Gasteiger partial charge >= 0.3 is 21.1 Å². The van der Waals surface area contributed by atoms with Gasteiger partial charge in [-0.3, -0.25) is 0 Å². The molecule has 0 spiro atoms. The van der Waals surface area contributed by atoms with Crippen LogP contribution in [-0.2, 0) is 21.1 Å². The van der Waals surface area contributed by atoms with Crippen molar-refractivity contribution < 1.29 is 21.1 Å². The quantitative estimate of drug-likeness (QED) is 0.494. The minimum absolute atomic E-state index is 0. The summed E-state index contributed by atoms with van der Waals surface area (Å²) in [6.07, 6.45) is 2.81. The van der Waals surface area contributed by atoms with Crippen molar-refractivity contribution in [3.63, 3.8) is 0 Å². The predicted molar refractivity (Wildman–Crippen MR) is 44.0 cm³/mol. The van der Waals surface area contributed by atoms with Crippen LogP contribution >= 0.6 is 23.2 Å². The molecule has 0 atom stereocenters. The molecule has 0 amide bonds. The first-order valence-electron chi connectivity index (χ1n) is 3.37. The van der Waals surface area contributed by atoms with Crippen molar-refractivity contribution in [2.45, 2.75) is 35.7 Å². The third kappa shape index (κ3) is 4.09. The van der Waals surface area contributed by atoms with Crippen molar-refractivity contribution in [2.24, 2.45) is 11.5 Å². The van der Waals surface area contributed by atoms with Crippen LogP contribution in [-0.4, -0.2) is 10.00 Å². The van der Waals surface area contributed by atoms with Crippen molar-refractivity contribution in [2.75, 3.05) is 0 Å². The number of nitrogens with two attached hydrogens (primary N) is 2. The SMILES string of the molecule is NC1(N)CCC(Cl)(Cl)CC1.[Pt+2]. The normalized spacial score (nSPS) is 27.3. The van der Waals surface area contributed by atoms with Gasteiger partial charge in [0.05, 0.1) is 5.66 Å². The summed E-state index contributed by atoms with van der Waals surface area (Å²) in [5, 5.41) is 0. The van der Waals surface area contributed by atoms with Crippen molar-refractivity contribution in [3.8, 4) is 0 Å². The molecule has 0 aliphatic heterocycles. The molecular weight excluding hydrogens is 366 g/mol. The van der Waals surface area contributed by atoms with E-state index in [1.54, 1.807) is 0 Å². The van der Waals surface area contributed by atoms with Crippen LogP contribution in [0.3, 0.4) is 0 Å². The van der Waals surface area contributed by atoms with E-state index in [9.17, 15) is 0 Å². The Balaban J connectivity index is 0.000001000. The monoisotopic (exact) mass is 377 g/mol. The first-order valence-corrected chi connectivity index (χ1v) is 4.13. The molecule has 2 nitrogen and oxygen atoms in total. The van der Waals surface area contributed by atoms with Gasteiger partial charge in [0.15, 0.2) is 0 Å². The third-order valence-corrected chi connectivity index (χ3v) is 2.67. The number of hydrogen-bond acceptors (Lipinski definition) is 2. The molecule has 1 rings (SSSR count). The Morgan fingerprint density at radius 1 is 0.909 bits per heavy atom. The van der Waals surface area contributed by atoms with E-state index in [0.717, 1.165) is 0 Å². The Bertz CT molecular complexity index is 111. The van der Waals surface area contributed by atoms with Gasteiger partial charge in [-0.05, 0) is 25.7 Å². The van der Waals surface area contributed by atoms with Crippen molar-refractivity contribution in [1.82, 2.24) is 0 Å². The Labute approximate surface area is 91.2 Å². The van der Waals surface area contributed by atoms with Crippen molar-refractivity contribution in [3.05, 3.63) is 0 Å². The molecule has 0 saturated heterocycles. The molecular formula is C6H12Cl2N2Pt+2. The van der Waals surface area contributed by atoms with Crippen LogP contribution in [0.4, 0.5) is 0 Å². The van der Waals surface area contributed by atoms with Crippen LogP contribution in [0.25, 0.3) is 0 Å². The van der Waals surface area contributed by atoms with Gasteiger partial charge in [-0.15, -0.1) is 23.2 Å². The number of halogens is 2. The fraction of sp³-hybridized carbons (Fsp3) is 1.00. The molecule has 0 radical (unpaired) electrons. The average Bonchev–Trinajstić information content (AvgIpc) is 1.79. The predicted octanol–water partition coefficient (Wildman–Crippen LogP) is 1.35. The van der Waals surface area contributed by atoms with E-state index < -0.39 is 10.00 Å². The van der Waals surface area contributed by atoms with E-state index in [4.69, 9.17) is 34.7 Å². The number of rotatable bonds is 0. The van der Waals surface area contributed by atoms with Crippen molar-refractivity contribution in [1.29, 1.82) is 0 Å². The Morgan fingerprint density at radius 3 is 1.55 bits per heavy atom. The minimum Gasteiger partial charge on any atom is -0.313 e. The van der Waals surface area contributed by atoms with Crippen LogP contribution in [0.2, 0.25) is 0 Å². The van der Waals surface area contributed by atoms with Gasteiger partial charge in [0.2, 0.25) is 0 Å². The summed E-state index contributed by atoms with van der Waals surface area (Å²) in [4.78, 5) is 0. The summed E-state index contributed by atoms with van der Waals surface area (Å²) < 4.78 is -0.581. The first kappa shape index (κ1) is 12.2. The first-order chi connectivity index (χ1) is 4.41. The standard InChI is InChI=1S/C6H12Cl2N2.Pt/c7-5(8)1-3-6(9,10)4-2-5;/h1-4,9-10H2;/q;+2. The molecule has 1 saturated carbocycles. The summed E-state index contributed by atoms with van der Waals surface area (Å²) in [6.45, 7) is 0. The van der Waals surface area contributed by atoms with Gasteiger partial charge in [0.1, 0.15) is 4.33 Å². The van der Waals surface area contributed by atoms with Gasteiger partial charge in [-0.2, -0.15) is 0 Å². The molecule has 11 heavy (non-hydrogen) atoms. The number of alkyl halides is 2. The van der Waals surface area contributed by atoms with E-state index >= 15 is 0 Å². The molecule has 0 unspecified atom stereocenters. The van der Waals surface area contributed by atoms with E-state index in [1.165, 1.54) is 0 Å². The molecule has 0 aromatic rings. The zero-order chi connectivity index (χ0) is 7.83. The molecule has 0 aromatic heterocycles. The maximum absolute atomic E-state index is 5.85. The summed E-state index contributed by atoms with van der Waals surface area (Å²) in [7, 11) is 0. The Kier molecular flexibility index (Phi) is 4.36. The molecule has 1 aliphatic carbocycles. The zero-order valence-corrected chi connectivity index (χ0v) is 9.84. The number of hydrogen-bond donors (Lipinski definition) is 2. The molecule has 0 bridgehead atoms. The van der Waals surface area contributed by atoms with Gasteiger partial charge in [-0.25, -0.2) is 0 Å². The summed E-state index contributed by atoms with van der Waals surface area (Å²) >= 11 is 11.7. The maximum Gasteiger partial charge on any atom is 2.00 e. The Hall–Kier alpha value is 1.19.